The van der Waals surface area contributed by atoms with Gasteiger partial charge in [0.1, 0.15) is 0 Å². The van der Waals surface area contributed by atoms with Crippen molar-refractivity contribution in [2.45, 2.75) is 30.6 Å². The summed E-state index contributed by atoms with van der Waals surface area (Å²) in [5.74, 6) is 0.369. The monoisotopic (exact) mass is 273 g/mol. The highest BCUT2D eigenvalue weighted by Crippen LogP contribution is 2.33. The molecule has 3 nitrogen and oxygen atoms in total. The Balaban J connectivity index is 2.05. The Bertz CT molecular complexity index is 463. The van der Waals surface area contributed by atoms with E-state index < -0.39 is 15.6 Å². The molecule has 1 aromatic carbocycles. The quantitative estimate of drug-likeness (QED) is 0.837. The summed E-state index contributed by atoms with van der Waals surface area (Å²) in [4.78, 5) is 0. The number of rotatable bonds is 5. The molecule has 1 aliphatic rings. The van der Waals surface area contributed by atoms with Crippen LogP contribution in [0.15, 0.2) is 30.3 Å². The van der Waals surface area contributed by atoms with Crippen LogP contribution in [0, 0.1) is 0 Å². The maximum absolute atomic E-state index is 12.0. The maximum atomic E-state index is 12.0. The van der Waals surface area contributed by atoms with Crippen LogP contribution >= 0.6 is 11.6 Å². The van der Waals surface area contributed by atoms with E-state index in [4.69, 9.17) is 11.6 Å². The summed E-state index contributed by atoms with van der Waals surface area (Å²) in [7, 11) is -3.30. The Morgan fingerprint density at radius 2 is 1.88 bits per heavy atom. The smallest absolute Gasteiger partial charge is 0.212 e. The molecule has 0 aromatic heterocycles. The van der Waals surface area contributed by atoms with Crippen LogP contribution in [-0.2, 0) is 15.8 Å². The standard InChI is InChI=1S/C12H16ClNO2S/c13-10-12(7-4-8-12)14-17(15,16)9-11-5-2-1-3-6-11/h1-3,5-6,14H,4,7-10H2. The van der Waals surface area contributed by atoms with Gasteiger partial charge >= 0.3 is 0 Å². The Morgan fingerprint density at radius 3 is 2.35 bits per heavy atom. The van der Waals surface area contributed by atoms with Gasteiger partial charge in [0.05, 0.1) is 5.75 Å². The fraction of sp³-hybridized carbons (Fsp3) is 0.500. The molecule has 1 N–H and O–H groups in total. The zero-order valence-corrected chi connectivity index (χ0v) is 11.1. The van der Waals surface area contributed by atoms with Crippen molar-refractivity contribution < 1.29 is 8.42 Å². The first-order valence-corrected chi connectivity index (χ1v) is 7.86. The highest BCUT2D eigenvalue weighted by molar-refractivity contribution is 7.88. The van der Waals surface area contributed by atoms with Gasteiger partial charge in [-0.3, -0.25) is 0 Å². The van der Waals surface area contributed by atoms with Crippen molar-refractivity contribution in [1.82, 2.24) is 4.72 Å². The number of sulfonamides is 1. The second kappa shape index (κ2) is 4.96. The van der Waals surface area contributed by atoms with Crippen molar-refractivity contribution in [3.63, 3.8) is 0 Å². The van der Waals surface area contributed by atoms with Crippen molar-refractivity contribution in [2.75, 3.05) is 5.88 Å². The van der Waals surface area contributed by atoms with Gasteiger partial charge in [-0.25, -0.2) is 13.1 Å². The molecule has 0 unspecified atom stereocenters. The predicted molar refractivity (Wildman–Crippen MR) is 69.5 cm³/mol. The van der Waals surface area contributed by atoms with E-state index in [1.807, 2.05) is 30.3 Å². The molecular formula is C12H16ClNO2S. The van der Waals surface area contributed by atoms with Gasteiger partial charge in [-0.2, -0.15) is 0 Å². The molecule has 0 aliphatic heterocycles. The largest absolute Gasteiger partial charge is 0.216 e. The lowest BCUT2D eigenvalue weighted by Crippen LogP contribution is -2.55. The fourth-order valence-electron chi connectivity index (χ4n) is 2.03. The SMILES string of the molecule is O=S(=O)(Cc1ccccc1)NC1(CCl)CCC1. The molecule has 5 heteroatoms. The van der Waals surface area contributed by atoms with E-state index in [2.05, 4.69) is 4.72 Å². The highest BCUT2D eigenvalue weighted by Gasteiger charge is 2.39. The van der Waals surface area contributed by atoms with Crippen LogP contribution in [0.2, 0.25) is 0 Å². The zero-order valence-electron chi connectivity index (χ0n) is 9.52. The van der Waals surface area contributed by atoms with E-state index >= 15 is 0 Å². The number of nitrogens with one attached hydrogen (secondary N) is 1. The first kappa shape index (κ1) is 12.9. The van der Waals surface area contributed by atoms with Crippen LogP contribution in [0.1, 0.15) is 24.8 Å². The van der Waals surface area contributed by atoms with E-state index in [1.165, 1.54) is 0 Å². The van der Waals surface area contributed by atoms with Crippen LogP contribution < -0.4 is 4.72 Å². The van der Waals surface area contributed by atoms with Crippen molar-refractivity contribution in [3.8, 4) is 0 Å². The van der Waals surface area contributed by atoms with E-state index in [9.17, 15) is 8.42 Å². The molecule has 2 rings (SSSR count). The third-order valence-electron chi connectivity index (χ3n) is 3.14. The van der Waals surface area contributed by atoms with Gasteiger partial charge in [0, 0.05) is 11.4 Å². The molecule has 0 radical (unpaired) electrons. The first-order valence-electron chi connectivity index (χ1n) is 5.67. The molecule has 1 saturated carbocycles. The number of alkyl halides is 1. The lowest BCUT2D eigenvalue weighted by Gasteiger charge is -2.40. The van der Waals surface area contributed by atoms with Crippen molar-refractivity contribution in [2.24, 2.45) is 0 Å². The van der Waals surface area contributed by atoms with Crippen LogP contribution in [0.25, 0.3) is 0 Å². The second-order valence-electron chi connectivity index (χ2n) is 4.61. The molecule has 94 valence electrons. The molecule has 0 amide bonds. The zero-order chi connectivity index (χ0) is 12.4. The molecule has 17 heavy (non-hydrogen) atoms. The van der Waals surface area contributed by atoms with Gasteiger partial charge in [-0.15, -0.1) is 11.6 Å². The number of halogens is 1. The number of hydrogen-bond acceptors (Lipinski definition) is 2. The minimum Gasteiger partial charge on any atom is -0.212 e. The summed E-state index contributed by atoms with van der Waals surface area (Å²) in [6.07, 6.45) is 2.72. The molecule has 1 aliphatic carbocycles. The molecule has 0 bridgehead atoms. The molecule has 0 saturated heterocycles. The van der Waals surface area contributed by atoms with Gasteiger partial charge in [0.25, 0.3) is 0 Å². The Labute approximate surface area is 107 Å². The van der Waals surface area contributed by atoms with Crippen molar-refractivity contribution in [3.05, 3.63) is 35.9 Å². The van der Waals surface area contributed by atoms with Gasteiger partial charge in [-0.1, -0.05) is 30.3 Å². The summed E-state index contributed by atoms with van der Waals surface area (Å²) in [5.41, 5.74) is 0.402. The average molecular weight is 274 g/mol. The third-order valence-corrected chi connectivity index (χ3v) is 5.11. The summed E-state index contributed by atoms with van der Waals surface area (Å²) < 4.78 is 26.7. The highest BCUT2D eigenvalue weighted by atomic mass is 35.5. The lowest BCUT2D eigenvalue weighted by molar-refractivity contribution is 0.252. The molecular weight excluding hydrogens is 258 g/mol. The maximum Gasteiger partial charge on any atom is 0.216 e. The van der Waals surface area contributed by atoms with Gasteiger partial charge in [-0.05, 0) is 24.8 Å². The van der Waals surface area contributed by atoms with Crippen molar-refractivity contribution in [1.29, 1.82) is 0 Å². The second-order valence-corrected chi connectivity index (χ2v) is 6.60. The number of benzene rings is 1. The minimum atomic E-state index is -3.30. The molecule has 1 aromatic rings. The third kappa shape index (κ3) is 3.21. The van der Waals surface area contributed by atoms with Gasteiger partial charge < -0.3 is 0 Å². The van der Waals surface area contributed by atoms with E-state index in [0.717, 1.165) is 24.8 Å². The van der Waals surface area contributed by atoms with E-state index in [0.29, 0.717) is 5.88 Å². The molecule has 0 atom stereocenters. The number of hydrogen-bond donors (Lipinski definition) is 1. The summed E-state index contributed by atoms with van der Waals surface area (Å²) in [6.45, 7) is 0. The Hall–Kier alpha value is -0.580. The normalized spacial score (nSPS) is 18.6. The van der Waals surface area contributed by atoms with Crippen molar-refractivity contribution >= 4 is 21.6 Å². The lowest BCUT2D eigenvalue weighted by atomic mass is 9.79. The first-order chi connectivity index (χ1) is 8.05. The van der Waals surface area contributed by atoms with E-state index in [-0.39, 0.29) is 5.75 Å². The summed E-state index contributed by atoms with van der Waals surface area (Å²) >= 11 is 5.84. The van der Waals surface area contributed by atoms with Gasteiger partial charge in [0.2, 0.25) is 10.0 Å². The molecule has 0 heterocycles. The summed E-state index contributed by atoms with van der Waals surface area (Å²) in [6, 6.07) is 9.17. The molecule has 0 spiro atoms. The van der Waals surface area contributed by atoms with E-state index in [1.54, 1.807) is 0 Å². The fourth-order valence-corrected chi connectivity index (χ4v) is 4.08. The predicted octanol–water partition coefficient (Wildman–Crippen LogP) is 2.27. The topological polar surface area (TPSA) is 46.2 Å². The molecule has 1 fully saturated rings. The van der Waals surface area contributed by atoms with Crippen LogP contribution in [0.3, 0.4) is 0 Å². The van der Waals surface area contributed by atoms with Crippen LogP contribution in [0.5, 0.6) is 0 Å². The van der Waals surface area contributed by atoms with Crippen LogP contribution in [0.4, 0.5) is 0 Å². The van der Waals surface area contributed by atoms with Crippen LogP contribution in [-0.4, -0.2) is 19.8 Å². The summed E-state index contributed by atoms with van der Waals surface area (Å²) in [5, 5.41) is 0. The average Bonchev–Trinajstić information content (AvgIpc) is 2.24. The minimum absolute atomic E-state index is 0.0203. The Morgan fingerprint density at radius 1 is 1.24 bits per heavy atom. The van der Waals surface area contributed by atoms with Gasteiger partial charge in [0.15, 0.2) is 0 Å². The Kier molecular flexibility index (Phi) is 3.76.